The summed E-state index contributed by atoms with van der Waals surface area (Å²) in [4.78, 5) is 14.2. The van der Waals surface area contributed by atoms with E-state index in [0.29, 0.717) is 36.0 Å². The van der Waals surface area contributed by atoms with Crippen LogP contribution < -0.4 is 0 Å². The number of amides is 1. The summed E-state index contributed by atoms with van der Waals surface area (Å²) in [6.07, 6.45) is 2.17. The van der Waals surface area contributed by atoms with Gasteiger partial charge in [0.15, 0.2) is 5.76 Å². The standard InChI is InChI=1S/C14H20N2O3/c1-8(2)12-11(9(3)15-19-12)13(17)16-6-14(18,7-16)10-4-5-10/h8,10,18H,4-7H2,1-3H3. The summed E-state index contributed by atoms with van der Waals surface area (Å²) in [5.74, 6) is 1.10. The summed E-state index contributed by atoms with van der Waals surface area (Å²) < 4.78 is 5.25. The zero-order valence-electron chi connectivity index (χ0n) is 11.6. The summed E-state index contributed by atoms with van der Waals surface area (Å²) in [5, 5.41) is 14.2. The molecule has 0 aromatic carbocycles. The average molecular weight is 264 g/mol. The molecule has 2 heterocycles. The van der Waals surface area contributed by atoms with Crippen LogP contribution >= 0.6 is 0 Å². The van der Waals surface area contributed by atoms with Crippen LogP contribution in [0.25, 0.3) is 0 Å². The zero-order valence-corrected chi connectivity index (χ0v) is 11.6. The lowest BCUT2D eigenvalue weighted by Gasteiger charge is -2.47. The highest BCUT2D eigenvalue weighted by Gasteiger charge is 2.53. The van der Waals surface area contributed by atoms with Crippen molar-refractivity contribution in [2.24, 2.45) is 5.92 Å². The van der Waals surface area contributed by atoms with E-state index in [4.69, 9.17) is 4.52 Å². The van der Waals surface area contributed by atoms with E-state index < -0.39 is 5.60 Å². The minimum atomic E-state index is -0.640. The summed E-state index contributed by atoms with van der Waals surface area (Å²) in [6, 6.07) is 0. The van der Waals surface area contributed by atoms with Crippen LogP contribution in [0.4, 0.5) is 0 Å². The van der Waals surface area contributed by atoms with E-state index in [1.807, 2.05) is 13.8 Å². The number of nitrogens with zero attached hydrogens (tertiary/aromatic N) is 2. The van der Waals surface area contributed by atoms with Crippen LogP contribution in [0.2, 0.25) is 0 Å². The van der Waals surface area contributed by atoms with Crippen molar-refractivity contribution in [1.82, 2.24) is 10.1 Å². The van der Waals surface area contributed by atoms with E-state index in [1.165, 1.54) is 0 Å². The van der Waals surface area contributed by atoms with Crippen molar-refractivity contribution in [3.8, 4) is 0 Å². The van der Waals surface area contributed by atoms with Crippen molar-refractivity contribution in [3.05, 3.63) is 17.0 Å². The van der Waals surface area contributed by atoms with E-state index in [2.05, 4.69) is 5.16 Å². The molecule has 0 unspecified atom stereocenters. The Morgan fingerprint density at radius 3 is 2.63 bits per heavy atom. The van der Waals surface area contributed by atoms with E-state index in [9.17, 15) is 9.90 Å². The fourth-order valence-electron chi connectivity index (χ4n) is 2.84. The van der Waals surface area contributed by atoms with Crippen molar-refractivity contribution in [2.75, 3.05) is 13.1 Å². The maximum atomic E-state index is 12.5. The summed E-state index contributed by atoms with van der Waals surface area (Å²) in [5.41, 5.74) is 0.571. The van der Waals surface area contributed by atoms with Gasteiger partial charge in [0.05, 0.1) is 18.8 Å². The quantitative estimate of drug-likeness (QED) is 0.902. The molecule has 5 nitrogen and oxygen atoms in total. The predicted octanol–water partition coefficient (Wildman–Crippen LogP) is 1.70. The van der Waals surface area contributed by atoms with Gasteiger partial charge in [-0.2, -0.15) is 0 Å². The topological polar surface area (TPSA) is 66.6 Å². The first kappa shape index (κ1) is 12.7. The lowest BCUT2D eigenvalue weighted by Crippen LogP contribution is -2.64. The summed E-state index contributed by atoms with van der Waals surface area (Å²) in [6.45, 7) is 6.63. The molecule has 19 heavy (non-hydrogen) atoms. The molecular weight excluding hydrogens is 244 g/mol. The second kappa shape index (κ2) is 4.07. The maximum absolute atomic E-state index is 12.5. The van der Waals surface area contributed by atoms with E-state index in [1.54, 1.807) is 11.8 Å². The molecule has 3 rings (SSSR count). The number of aliphatic hydroxyl groups is 1. The maximum Gasteiger partial charge on any atom is 0.259 e. The van der Waals surface area contributed by atoms with Gasteiger partial charge in [0.2, 0.25) is 0 Å². The van der Waals surface area contributed by atoms with Gasteiger partial charge in [0.1, 0.15) is 11.2 Å². The lowest BCUT2D eigenvalue weighted by molar-refractivity contribution is -0.0958. The predicted molar refractivity (Wildman–Crippen MR) is 68.9 cm³/mol. The highest BCUT2D eigenvalue weighted by Crippen LogP contribution is 2.45. The van der Waals surface area contributed by atoms with E-state index in [-0.39, 0.29) is 11.8 Å². The lowest BCUT2D eigenvalue weighted by atomic mass is 9.88. The highest BCUT2D eigenvalue weighted by molar-refractivity contribution is 5.97. The second-order valence-corrected chi connectivity index (χ2v) is 6.20. The van der Waals surface area contributed by atoms with Gasteiger partial charge in [-0.15, -0.1) is 0 Å². The third-order valence-corrected chi connectivity index (χ3v) is 4.18. The average Bonchev–Trinajstić information content (AvgIpc) is 3.08. The molecule has 1 aromatic rings. The molecule has 1 saturated heterocycles. The Kier molecular flexibility index (Phi) is 2.71. The zero-order chi connectivity index (χ0) is 13.8. The molecule has 0 bridgehead atoms. The fourth-order valence-corrected chi connectivity index (χ4v) is 2.84. The monoisotopic (exact) mass is 264 g/mol. The molecule has 1 aliphatic carbocycles. The summed E-state index contributed by atoms with van der Waals surface area (Å²) in [7, 11) is 0. The number of rotatable bonds is 3. The third-order valence-electron chi connectivity index (χ3n) is 4.18. The van der Waals surface area contributed by atoms with E-state index in [0.717, 1.165) is 12.8 Å². The number of β-amino-alcohol motifs (C(OH)–C–C–N with tert-alkyl or cyclic N) is 1. The van der Waals surface area contributed by atoms with Crippen molar-refractivity contribution in [3.63, 3.8) is 0 Å². The number of carbonyl (C=O) groups excluding carboxylic acids is 1. The molecule has 1 saturated carbocycles. The van der Waals surface area contributed by atoms with Crippen LogP contribution in [-0.4, -0.2) is 39.8 Å². The fraction of sp³-hybridized carbons (Fsp3) is 0.714. The number of hydrogen-bond donors (Lipinski definition) is 1. The third kappa shape index (κ3) is 1.96. The van der Waals surface area contributed by atoms with Crippen molar-refractivity contribution in [1.29, 1.82) is 0 Å². The molecule has 2 fully saturated rings. The van der Waals surface area contributed by atoms with Crippen LogP contribution in [0.3, 0.4) is 0 Å². The van der Waals surface area contributed by atoms with Crippen LogP contribution in [0.5, 0.6) is 0 Å². The van der Waals surface area contributed by atoms with Gasteiger partial charge in [-0.05, 0) is 25.7 Å². The van der Waals surface area contributed by atoms with Gasteiger partial charge in [0.25, 0.3) is 5.91 Å². The Balaban J connectivity index is 1.77. The SMILES string of the molecule is Cc1noc(C(C)C)c1C(=O)N1CC(O)(C2CC2)C1. The molecule has 5 heteroatoms. The number of carbonyl (C=O) groups is 1. The minimum absolute atomic E-state index is 0.0622. The van der Waals surface area contributed by atoms with Gasteiger partial charge in [-0.25, -0.2) is 0 Å². The Bertz CT molecular complexity index is 511. The smallest absolute Gasteiger partial charge is 0.259 e. The second-order valence-electron chi connectivity index (χ2n) is 6.20. The van der Waals surface area contributed by atoms with Gasteiger partial charge in [-0.3, -0.25) is 4.79 Å². The van der Waals surface area contributed by atoms with Gasteiger partial charge in [0, 0.05) is 5.92 Å². The van der Waals surface area contributed by atoms with Crippen molar-refractivity contribution in [2.45, 2.75) is 45.1 Å². The molecule has 2 aliphatic rings. The number of aromatic nitrogens is 1. The number of hydrogen-bond acceptors (Lipinski definition) is 4. The van der Waals surface area contributed by atoms with Crippen LogP contribution in [0, 0.1) is 12.8 Å². The first-order valence-corrected chi connectivity index (χ1v) is 6.90. The van der Waals surface area contributed by atoms with Crippen molar-refractivity contribution >= 4 is 5.91 Å². The molecule has 0 radical (unpaired) electrons. The van der Waals surface area contributed by atoms with Gasteiger partial charge in [-0.1, -0.05) is 19.0 Å². The Hall–Kier alpha value is -1.36. The first-order chi connectivity index (χ1) is 8.92. The molecule has 1 aliphatic heterocycles. The van der Waals surface area contributed by atoms with Gasteiger partial charge >= 0.3 is 0 Å². The summed E-state index contributed by atoms with van der Waals surface area (Å²) >= 11 is 0. The Morgan fingerprint density at radius 1 is 1.47 bits per heavy atom. The van der Waals surface area contributed by atoms with Gasteiger partial charge < -0.3 is 14.5 Å². The molecule has 1 aromatic heterocycles. The Morgan fingerprint density at radius 2 is 2.11 bits per heavy atom. The molecule has 0 atom stereocenters. The molecule has 1 N–H and O–H groups in total. The number of likely N-dealkylation sites (tertiary alicyclic amines) is 1. The largest absolute Gasteiger partial charge is 0.386 e. The molecule has 104 valence electrons. The van der Waals surface area contributed by atoms with E-state index >= 15 is 0 Å². The van der Waals surface area contributed by atoms with Crippen LogP contribution in [-0.2, 0) is 0 Å². The first-order valence-electron chi connectivity index (χ1n) is 6.90. The highest BCUT2D eigenvalue weighted by atomic mass is 16.5. The van der Waals surface area contributed by atoms with Crippen molar-refractivity contribution < 1.29 is 14.4 Å². The Labute approximate surface area is 112 Å². The minimum Gasteiger partial charge on any atom is -0.386 e. The molecule has 0 spiro atoms. The van der Waals surface area contributed by atoms with Crippen LogP contribution in [0.15, 0.2) is 4.52 Å². The molecular formula is C14H20N2O3. The molecule has 1 amide bonds. The normalized spacial score (nSPS) is 21.6. The van der Waals surface area contributed by atoms with Crippen LogP contribution in [0.1, 0.15) is 54.4 Å². The number of aryl methyl sites for hydroxylation is 1.